The minimum atomic E-state index is -0.109. The molecule has 0 aliphatic carbocycles. The SMILES string of the molecule is CNC(=O)c1ccc(SC(C)C)c(N)c1. The maximum atomic E-state index is 11.3. The first-order valence-corrected chi connectivity index (χ1v) is 5.71. The van der Waals surface area contributed by atoms with E-state index >= 15 is 0 Å². The van der Waals surface area contributed by atoms with Crippen LogP contribution in [0.3, 0.4) is 0 Å². The Morgan fingerprint density at radius 2 is 2.13 bits per heavy atom. The Morgan fingerprint density at radius 3 is 2.60 bits per heavy atom. The molecule has 0 fully saturated rings. The molecule has 1 amide bonds. The average Bonchev–Trinajstić information content (AvgIpc) is 2.19. The van der Waals surface area contributed by atoms with Crippen LogP contribution in [0.25, 0.3) is 0 Å². The molecule has 0 bridgehead atoms. The van der Waals surface area contributed by atoms with E-state index in [1.807, 2.05) is 6.07 Å². The van der Waals surface area contributed by atoms with Crippen LogP contribution in [0.1, 0.15) is 24.2 Å². The van der Waals surface area contributed by atoms with Crippen LogP contribution in [-0.2, 0) is 0 Å². The molecular formula is C11H16N2OS. The largest absolute Gasteiger partial charge is 0.398 e. The van der Waals surface area contributed by atoms with E-state index in [1.54, 1.807) is 30.9 Å². The highest BCUT2D eigenvalue weighted by Gasteiger charge is 2.07. The fourth-order valence-corrected chi connectivity index (χ4v) is 2.04. The average molecular weight is 224 g/mol. The standard InChI is InChI=1S/C11H16N2OS/c1-7(2)15-10-5-4-8(6-9(10)12)11(14)13-3/h4-7H,12H2,1-3H3,(H,13,14). The lowest BCUT2D eigenvalue weighted by molar-refractivity contribution is 0.0963. The highest BCUT2D eigenvalue weighted by molar-refractivity contribution is 8.00. The van der Waals surface area contributed by atoms with Gasteiger partial charge in [-0.3, -0.25) is 4.79 Å². The Bertz CT molecular complexity index is 364. The zero-order chi connectivity index (χ0) is 11.4. The molecule has 15 heavy (non-hydrogen) atoms. The minimum absolute atomic E-state index is 0.109. The number of nitrogens with two attached hydrogens (primary N) is 1. The van der Waals surface area contributed by atoms with Gasteiger partial charge in [0.05, 0.1) is 0 Å². The lowest BCUT2D eigenvalue weighted by atomic mass is 10.2. The Morgan fingerprint density at radius 1 is 1.47 bits per heavy atom. The molecule has 0 heterocycles. The number of nitrogens with one attached hydrogen (secondary N) is 1. The first kappa shape index (κ1) is 11.9. The number of carbonyl (C=O) groups excluding carboxylic acids is 1. The summed E-state index contributed by atoms with van der Waals surface area (Å²) in [5, 5.41) is 3.05. The van der Waals surface area contributed by atoms with Gasteiger partial charge < -0.3 is 11.1 Å². The molecule has 1 aromatic carbocycles. The lowest BCUT2D eigenvalue weighted by Gasteiger charge is -2.09. The molecule has 0 saturated carbocycles. The topological polar surface area (TPSA) is 55.1 Å². The Balaban J connectivity index is 2.93. The van der Waals surface area contributed by atoms with Gasteiger partial charge in [-0.2, -0.15) is 0 Å². The minimum Gasteiger partial charge on any atom is -0.398 e. The van der Waals surface area contributed by atoms with E-state index in [0.717, 1.165) is 4.90 Å². The van der Waals surface area contributed by atoms with Gasteiger partial charge in [-0.1, -0.05) is 13.8 Å². The smallest absolute Gasteiger partial charge is 0.251 e. The summed E-state index contributed by atoms with van der Waals surface area (Å²) in [6, 6.07) is 5.40. The van der Waals surface area contributed by atoms with E-state index < -0.39 is 0 Å². The van der Waals surface area contributed by atoms with Crippen LogP contribution in [0.4, 0.5) is 5.69 Å². The fraction of sp³-hybridized carbons (Fsp3) is 0.364. The second-order valence-electron chi connectivity index (χ2n) is 3.50. The second-order valence-corrected chi connectivity index (χ2v) is 5.12. The predicted octanol–water partition coefficient (Wildman–Crippen LogP) is 2.13. The molecular weight excluding hydrogens is 208 g/mol. The first-order valence-electron chi connectivity index (χ1n) is 4.83. The Labute approximate surface area is 94.4 Å². The molecule has 0 aliphatic heterocycles. The zero-order valence-corrected chi connectivity index (χ0v) is 10.0. The number of hydrogen-bond donors (Lipinski definition) is 2. The molecule has 82 valence electrons. The number of carbonyl (C=O) groups is 1. The van der Waals surface area contributed by atoms with Gasteiger partial charge in [0.2, 0.25) is 0 Å². The zero-order valence-electron chi connectivity index (χ0n) is 9.20. The van der Waals surface area contributed by atoms with Crippen molar-refractivity contribution in [3.8, 4) is 0 Å². The molecule has 1 rings (SSSR count). The Hall–Kier alpha value is -1.16. The van der Waals surface area contributed by atoms with Gasteiger partial charge in [0.1, 0.15) is 0 Å². The molecule has 0 radical (unpaired) electrons. The third-order valence-corrected chi connectivity index (χ3v) is 2.96. The van der Waals surface area contributed by atoms with Crippen LogP contribution in [0, 0.1) is 0 Å². The Kier molecular flexibility index (Phi) is 4.03. The van der Waals surface area contributed by atoms with Crippen molar-refractivity contribution in [3.63, 3.8) is 0 Å². The van der Waals surface area contributed by atoms with Crippen LogP contribution < -0.4 is 11.1 Å². The molecule has 1 aromatic rings. The summed E-state index contributed by atoms with van der Waals surface area (Å²) in [6.07, 6.45) is 0. The van der Waals surface area contributed by atoms with Crippen molar-refractivity contribution < 1.29 is 4.79 Å². The number of amides is 1. The normalized spacial score (nSPS) is 10.4. The van der Waals surface area contributed by atoms with Gasteiger partial charge in [-0.25, -0.2) is 0 Å². The molecule has 0 spiro atoms. The number of anilines is 1. The number of benzene rings is 1. The van der Waals surface area contributed by atoms with E-state index in [1.165, 1.54) is 0 Å². The van der Waals surface area contributed by atoms with Gasteiger partial charge in [0.15, 0.2) is 0 Å². The number of rotatable bonds is 3. The van der Waals surface area contributed by atoms with Crippen molar-refractivity contribution in [1.29, 1.82) is 0 Å². The van der Waals surface area contributed by atoms with E-state index in [0.29, 0.717) is 16.5 Å². The van der Waals surface area contributed by atoms with Crippen LogP contribution in [-0.4, -0.2) is 18.2 Å². The highest BCUT2D eigenvalue weighted by Crippen LogP contribution is 2.29. The second kappa shape index (κ2) is 5.07. The quantitative estimate of drug-likeness (QED) is 0.611. The molecule has 3 nitrogen and oxygen atoms in total. The van der Waals surface area contributed by atoms with E-state index in [2.05, 4.69) is 19.2 Å². The van der Waals surface area contributed by atoms with Crippen molar-refractivity contribution in [2.24, 2.45) is 0 Å². The molecule has 0 saturated heterocycles. The first-order chi connectivity index (χ1) is 7.04. The summed E-state index contributed by atoms with van der Waals surface area (Å²) in [5.74, 6) is -0.109. The highest BCUT2D eigenvalue weighted by atomic mass is 32.2. The van der Waals surface area contributed by atoms with Gasteiger partial charge in [0.25, 0.3) is 5.91 Å². The maximum absolute atomic E-state index is 11.3. The van der Waals surface area contributed by atoms with Gasteiger partial charge in [0, 0.05) is 28.4 Å². The van der Waals surface area contributed by atoms with Crippen molar-refractivity contribution in [2.75, 3.05) is 12.8 Å². The molecule has 0 atom stereocenters. The maximum Gasteiger partial charge on any atom is 0.251 e. The van der Waals surface area contributed by atoms with Crippen molar-refractivity contribution >= 4 is 23.4 Å². The lowest BCUT2D eigenvalue weighted by Crippen LogP contribution is -2.17. The monoisotopic (exact) mass is 224 g/mol. The van der Waals surface area contributed by atoms with Crippen LogP contribution in [0.2, 0.25) is 0 Å². The summed E-state index contributed by atoms with van der Waals surface area (Å²) in [6.45, 7) is 4.22. The summed E-state index contributed by atoms with van der Waals surface area (Å²) < 4.78 is 0. The number of thioether (sulfide) groups is 1. The molecule has 3 N–H and O–H groups in total. The third-order valence-electron chi connectivity index (χ3n) is 1.86. The third kappa shape index (κ3) is 3.16. The van der Waals surface area contributed by atoms with Crippen molar-refractivity contribution in [1.82, 2.24) is 5.32 Å². The number of hydrogen-bond acceptors (Lipinski definition) is 3. The number of nitrogen functional groups attached to an aromatic ring is 1. The van der Waals surface area contributed by atoms with E-state index in [4.69, 9.17) is 5.73 Å². The fourth-order valence-electron chi connectivity index (χ4n) is 1.20. The molecule has 4 heteroatoms. The van der Waals surface area contributed by atoms with Gasteiger partial charge in [-0.15, -0.1) is 11.8 Å². The molecule has 0 aromatic heterocycles. The van der Waals surface area contributed by atoms with Crippen LogP contribution >= 0.6 is 11.8 Å². The summed E-state index contributed by atoms with van der Waals surface area (Å²) >= 11 is 1.70. The summed E-state index contributed by atoms with van der Waals surface area (Å²) in [4.78, 5) is 12.4. The van der Waals surface area contributed by atoms with Crippen LogP contribution in [0.15, 0.2) is 23.1 Å². The van der Waals surface area contributed by atoms with Crippen molar-refractivity contribution in [2.45, 2.75) is 24.0 Å². The molecule has 0 aliphatic rings. The summed E-state index contributed by atoms with van der Waals surface area (Å²) in [5.41, 5.74) is 7.12. The summed E-state index contributed by atoms with van der Waals surface area (Å²) in [7, 11) is 1.61. The van der Waals surface area contributed by atoms with Crippen molar-refractivity contribution in [3.05, 3.63) is 23.8 Å². The van der Waals surface area contributed by atoms with Gasteiger partial charge >= 0.3 is 0 Å². The van der Waals surface area contributed by atoms with E-state index in [-0.39, 0.29) is 5.91 Å². The molecule has 0 unspecified atom stereocenters. The van der Waals surface area contributed by atoms with E-state index in [9.17, 15) is 4.79 Å². The van der Waals surface area contributed by atoms with Crippen LogP contribution in [0.5, 0.6) is 0 Å². The predicted molar refractivity (Wildman–Crippen MR) is 65.2 cm³/mol. The van der Waals surface area contributed by atoms with Gasteiger partial charge in [-0.05, 0) is 18.2 Å².